The van der Waals surface area contributed by atoms with Crippen molar-refractivity contribution in [1.29, 1.82) is 5.26 Å². The van der Waals surface area contributed by atoms with Gasteiger partial charge in [0.25, 0.3) is 5.91 Å². The summed E-state index contributed by atoms with van der Waals surface area (Å²) in [5.41, 5.74) is 14.3. The van der Waals surface area contributed by atoms with E-state index in [-0.39, 0.29) is 0 Å². The number of carbonyl (C=O) groups is 1. The summed E-state index contributed by atoms with van der Waals surface area (Å²) in [7, 11) is 1.86. The number of rotatable bonds is 4. The molecule has 0 aliphatic carbocycles. The number of benzene rings is 2. The first-order chi connectivity index (χ1) is 10.0. The zero-order valence-corrected chi connectivity index (χ0v) is 11.7. The normalized spacial score (nSPS) is 9.90. The van der Waals surface area contributed by atoms with Crippen molar-refractivity contribution in [3.8, 4) is 6.07 Å². The number of carbonyl (C=O) groups excluding carboxylic acids is 1. The van der Waals surface area contributed by atoms with Gasteiger partial charge in [0.2, 0.25) is 0 Å². The first-order valence-corrected chi connectivity index (χ1v) is 6.41. The minimum absolute atomic E-state index is 0.383. The summed E-state index contributed by atoms with van der Waals surface area (Å²) >= 11 is 0. The molecule has 0 saturated heterocycles. The topological polar surface area (TPSA) is 96.1 Å². The van der Waals surface area contributed by atoms with E-state index in [0.717, 1.165) is 5.56 Å². The SMILES string of the molecule is CN(Cc1cccc(C#N)c1)c1ccc(N)cc1C(N)=O. The quantitative estimate of drug-likeness (QED) is 0.836. The Morgan fingerprint density at radius 1 is 1.29 bits per heavy atom. The van der Waals surface area contributed by atoms with E-state index in [4.69, 9.17) is 16.7 Å². The number of nitriles is 1. The van der Waals surface area contributed by atoms with Gasteiger partial charge in [-0.25, -0.2) is 0 Å². The Labute approximate surface area is 123 Å². The zero-order valence-electron chi connectivity index (χ0n) is 11.7. The van der Waals surface area contributed by atoms with Crippen LogP contribution in [0.1, 0.15) is 21.5 Å². The first-order valence-electron chi connectivity index (χ1n) is 6.41. The highest BCUT2D eigenvalue weighted by Gasteiger charge is 2.12. The van der Waals surface area contributed by atoms with Gasteiger partial charge in [-0.2, -0.15) is 5.26 Å². The van der Waals surface area contributed by atoms with Gasteiger partial charge in [-0.05, 0) is 35.9 Å². The average Bonchev–Trinajstić information content (AvgIpc) is 2.47. The number of primary amides is 1. The fourth-order valence-corrected chi connectivity index (χ4v) is 2.18. The van der Waals surface area contributed by atoms with Gasteiger partial charge in [0.05, 0.1) is 17.2 Å². The molecule has 0 atom stereocenters. The number of amides is 1. The lowest BCUT2D eigenvalue weighted by molar-refractivity contribution is 0.100. The van der Waals surface area contributed by atoms with Gasteiger partial charge in [-0.1, -0.05) is 12.1 Å². The average molecular weight is 280 g/mol. The zero-order chi connectivity index (χ0) is 15.4. The van der Waals surface area contributed by atoms with Crippen LogP contribution in [0.3, 0.4) is 0 Å². The van der Waals surface area contributed by atoms with E-state index in [1.54, 1.807) is 24.3 Å². The van der Waals surface area contributed by atoms with E-state index in [2.05, 4.69) is 6.07 Å². The molecule has 2 aromatic rings. The van der Waals surface area contributed by atoms with Gasteiger partial charge in [-0.15, -0.1) is 0 Å². The number of nitrogens with two attached hydrogens (primary N) is 2. The van der Waals surface area contributed by atoms with Crippen LogP contribution < -0.4 is 16.4 Å². The molecule has 0 unspecified atom stereocenters. The molecule has 0 aromatic heterocycles. The minimum Gasteiger partial charge on any atom is -0.399 e. The van der Waals surface area contributed by atoms with Crippen molar-refractivity contribution in [2.24, 2.45) is 5.73 Å². The summed E-state index contributed by atoms with van der Waals surface area (Å²) in [6, 6.07) is 14.5. The highest BCUT2D eigenvalue weighted by molar-refractivity contribution is 5.99. The van der Waals surface area contributed by atoms with Crippen molar-refractivity contribution in [3.63, 3.8) is 0 Å². The van der Waals surface area contributed by atoms with E-state index in [0.29, 0.717) is 29.0 Å². The lowest BCUT2D eigenvalue weighted by atomic mass is 10.1. The van der Waals surface area contributed by atoms with E-state index in [1.165, 1.54) is 0 Å². The smallest absolute Gasteiger partial charge is 0.250 e. The second-order valence-corrected chi connectivity index (χ2v) is 4.81. The van der Waals surface area contributed by atoms with Gasteiger partial charge < -0.3 is 16.4 Å². The van der Waals surface area contributed by atoms with E-state index < -0.39 is 5.91 Å². The highest BCUT2D eigenvalue weighted by atomic mass is 16.1. The van der Waals surface area contributed by atoms with E-state index >= 15 is 0 Å². The van der Waals surface area contributed by atoms with Crippen LogP contribution in [-0.2, 0) is 6.54 Å². The summed E-state index contributed by atoms with van der Waals surface area (Å²) in [5, 5.41) is 8.92. The summed E-state index contributed by atoms with van der Waals surface area (Å²) < 4.78 is 0. The second-order valence-electron chi connectivity index (χ2n) is 4.81. The number of nitrogens with zero attached hydrogens (tertiary/aromatic N) is 2. The van der Waals surface area contributed by atoms with Crippen LogP contribution in [0.15, 0.2) is 42.5 Å². The molecule has 0 fully saturated rings. The second kappa shape index (κ2) is 5.97. The van der Waals surface area contributed by atoms with Gasteiger partial charge in [0, 0.05) is 25.0 Å². The Bertz CT molecular complexity index is 718. The predicted molar refractivity (Wildman–Crippen MR) is 82.6 cm³/mol. The summed E-state index contributed by atoms with van der Waals surface area (Å²) in [6.07, 6.45) is 0. The van der Waals surface area contributed by atoms with Crippen molar-refractivity contribution in [3.05, 3.63) is 59.2 Å². The van der Waals surface area contributed by atoms with E-state index in [1.807, 2.05) is 30.1 Å². The minimum atomic E-state index is -0.519. The number of nitrogen functional groups attached to an aromatic ring is 1. The molecule has 4 N–H and O–H groups in total. The first kappa shape index (κ1) is 14.4. The van der Waals surface area contributed by atoms with Gasteiger partial charge in [0.15, 0.2) is 0 Å². The Kier molecular flexibility index (Phi) is 4.10. The molecule has 0 radical (unpaired) electrons. The standard InChI is InChI=1S/C16H16N4O/c1-20(10-12-4-2-3-11(7-12)9-17)15-6-5-13(18)8-14(15)16(19)21/h2-8H,10,18H2,1H3,(H2,19,21). The molecule has 5 nitrogen and oxygen atoms in total. The maximum atomic E-state index is 11.5. The third kappa shape index (κ3) is 3.31. The number of hydrogen-bond donors (Lipinski definition) is 2. The maximum Gasteiger partial charge on any atom is 0.250 e. The van der Waals surface area contributed by atoms with Crippen molar-refractivity contribution in [1.82, 2.24) is 0 Å². The van der Waals surface area contributed by atoms with Crippen LogP contribution in [0.2, 0.25) is 0 Å². The molecular formula is C16H16N4O. The molecule has 0 aliphatic heterocycles. The molecule has 2 aromatic carbocycles. The molecule has 1 amide bonds. The van der Waals surface area contributed by atoms with Crippen LogP contribution in [0.4, 0.5) is 11.4 Å². The van der Waals surface area contributed by atoms with Crippen molar-refractivity contribution >= 4 is 17.3 Å². The lowest BCUT2D eigenvalue weighted by Crippen LogP contribution is -2.22. The van der Waals surface area contributed by atoms with Crippen molar-refractivity contribution in [2.45, 2.75) is 6.54 Å². The van der Waals surface area contributed by atoms with Crippen LogP contribution >= 0.6 is 0 Å². The van der Waals surface area contributed by atoms with Crippen LogP contribution in [0, 0.1) is 11.3 Å². The third-order valence-corrected chi connectivity index (χ3v) is 3.17. The Morgan fingerprint density at radius 2 is 2.05 bits per heavy atom. The van der Waals surface area contributed by atoms with Crippen molar-refractivity contribution < 1.29 is 4.79 Å². The number of anilines is 2. The molecule has 106 valence electrons. The van der Waals surface area contributed by atoms with Gasteiger partial charge in [0.1, 0.15) is 0 Å². The van der Waals surface area contributed by atoms with Gasteiger partial charge in [-0.3, -0.25) is 4.79 Å². The molecule has 0 spiro atoms. The van der Waals surface area contributed by atoms with E-state index in [9.17, 15) is 4.79 Å². The molecule has 21 heavy (non-hydrogen) atoms. The van der Waals surface area contributed by atoms with Gasteiger partial charge >= 0.3 is 0 Å². The molecular weight excluding hydrogens is 264 g/mol. The molecule has 2 rings (SSSR count). The molecule has 0 heterocycles. The molecule has 0 bridgehead atoms. The summed E-state index contributed by atoms with van der Waals surface area (Å²) in [5.74, 6) is -0.519. The molecule has 5 heteroatoms. The summed E-state index contributed by atoms with van der Waals surface area (Å²) in [4.78, 5) is 13.4. The molecule has 0 saturated carbocycles. The number of hydrogen-bond acceptors (Lipinski definition) is 4. The highest BCUT2D eigenvalue weighted by Crippen LogP contribution is 2.23. The summed E-state index contributed by atoms with van der Waals surface area (Å²) in [6.45, 7) is 0.555. The third-order valence-electron chi connectivity index (χ3n) is 3.17. The fraction of sp³-hybridized carbons (Fsp3) is 0.125. The predicted octanol–water partition coefficient (Wildman–Crippen LogP) is 1.88. The lowest BCUT2D eigenvalue weighted by Gasteiger charge is -2.22. The van der Waals surface area contributed by atoms with Crippen LogP contribution in [-0.4, -0.2) is 13.0 Å². The van der Waals surface area contributed by atoms with Crippen LogP contribution in [0.5, 0.6) is 0 Å². The Hall–Kier alpha value is -3.00. The fourth-order valence-electron chi connectivity index (χ4n) is 2.18. The molecule has 0 aliphatic rings. The largest absolute Gasteiger partial charge is 0.399 e. The maximum absolute atomic E-state index is 11.5. The van der Waals surface area contributed by atoms with Crippen molar-refractivity contribution in [2.75, 3.05) is 17.7 Å². The Morgan fingerprint density at radius 3 is 2.71 bits per heavy atom. The van der Waals surface area contributed by atoms with Crippen LogP contribution in [0.25, 0.3) is 0 Å². The monoisotopic (exact) mass is 280 g/mol. The Balaban J connectivity index is 2.30.